The quantitative estimate of drug-likeness (QED) is 0.898. The predicted molar refractivity (Wildman–Crippen MR) is 70.8 cm³/mol. The van der Waals surface area contributed by atoms with Crippen LogP contribution in [0.5, 0.6) is 0 Å². The molecule has 0 atom stereocenters. The van der Waals surface area contributed by atoms with Gasteiger partial charge in [-0.15, -0.1) is 0 Å². The number of aliphatic hydroxyl groups excluding tert-OH is 1. The van der Waals surface area contributed by atoms with Gasteiger partial charge in [0.2, 0.25) is 0 Å². The smallest absolute Gasteiger partial charge is 0.307 e. The zero-order valence-corrected chi connectivity index (χ0v) is 10.8. The first-order valence-corrected chi connectivity index (χ1v) is 6.95. The molecule has 5 heteroatoms. The summed E-state index contributed by atoms with van der Waals surface area (Å²) in [5.41, 5.74) is 2.12. The monoisotopic (exact) mass is 270 g/mol. The molecule has 0 saturated heterocycles. The number of rotatable bonds is 4. The van der Waals surface area contributed by atoms with Gasteiger partial charge in [0.15, 0.2) is 0 Å². The van der Waals surface area contributed by atoms with Crippen molar-refractivity contribution < 1.29 is 15.0 Å². The lowest BCUT2D eigenvalue weighted by Crippen LogP contribution is -1.97. The van der Waals surface area contributed by atoms with Crippen molar-refractivity contribution in [3.8, 4) is 0 Å². The Balaban J connectivity index is 0.000000171. The molecule has 0 amide bonds. The summed E-state index contributed by atoms with van der Waals surface area (Å²) >= 11 is 3.19. The Kier molecular flexibility index (Phi) is 6.54. The lowest BCUT2D eigenvalue weighted by Gasteiger charge is -1.85. The second-order valence-corrected chi connectivity index (χ2v) is 4.87. The Morgan fingerprint density at radius 2 is 1.71 bits per heavy atom. The van der Waals surface area contributed by atoms with Crippen molar-refractivity contribution in [2.45, 2.75) is 12.8 Å². The van der Waals surface area contributed by atoms with E-state index in [1.807, 2.05) is 28.3 Å². The number of carboxylic acid groups (broad SMARTS) is 1. The molecule has 2 rings (SSSR count). The maximum absolute atomic E-state index is 10.1. The molecule has 0 aliphatic rings. The summed E-state index contributed by atoms with van der Waals surface area (Å²) in [6, 6.07) is 3.85. The fourth-order valence-corrected chi connectivity index (χ4v) is 2.50. The number of carboxylic acids is 1. The van der Waals surface area contributed by atoms with Gasteiger partial charge in [-0.3, -0.25) is 4.79 Å². The second kappa shape index (κ2) is 8.00. The summed E-state index contributed by atoms with van der Waals surface area (Å²) in [6.45, 7) is 0.261. The zero-order valence-electron chi connectivity index (χ0n) is 9.20. The minimum atomic E-state index is -0.770. The normalized spacial score (nSPS) is 9.47. The maximum Gasteiger partial charge on any atom is 0.307 e. The Morgan fingerprint density at radius 1 is 1.12 bits per heavy atom. The number of hydrogen-bond acceptors (Lipinski definition) is 4. The van der Waals surface area contributed by atoms with E-state index < -0.39 is 5.97 Å². The van der Waals surface area contributed by atoms with Crippen molar-refractivity contribution in [2.24, 2.45) is 0 Å². The first-order valence-electron chi connectivity index (χ1n) is 5.07. The van der Waals surface area contributed by atoms with Gasteiger partial charge in [-0.1, -0.05) is 0 Å². The molecule has 92 valence electrons. The van der Waals surface area contributed by atoms with E-state index in [9.17, 15) is 4.79 Å². The van der Waals surface area contributed by atoms with Crippen LogP contribution in [0.25, 0.3) is 0 Å². The van der Waals surface area contributed by atoms with Gasteiger partial charge in [0.1, 0.15) is 0 Å². The molecule has 2 aromatic heterocycles. The third-order valence-corrected chi connectivity index (χ3v) is 3.38. The van der Waals surface area contributed by atoms with Gasteiger partial charge >= 0.3 is 5.97 Å². The van der Waals surface area contributed by atoms with E-state index in [1.54, 1.807) is 11.3 Å². The Bertz CT molecular complexity index is 407. The number of thiophene rings is 2. The van der Waals surface area contributed by atoms with Crippen molar-refractivity contribution in [1.29, 1.82) is 0 Å². The second-order valence-electron chi connectivity index (χ2n) is 3.31. The van der Waals surface area contributed by atoms with Crippen molar-refractivity contribution in [2.75, 3.05) is 6.61 Å². The lowest BCUT2D eigenvalue weighted by molar-refractivity contribution is -0.136. The molecule has 2 N–H and O–H groups in total. The van der Waals surface area contributed by atoms with Gasteiger partial charge in [-0.25, -0.2) is 0 Å². The highest BCUT2D eigenvalue weighted by molar-refractivity contribution is 7.08. The van der Waals surface area contributed by atoms with Crippen molar-refractivity contribution in [3.63, 3.8) is 0 Å². The van der Waals surface area contributed by atoms with Crippen LogP contribution in [0.1, 0.15) is 11.1 Å². The van der Waals surface area contributed by atoms with Crippen LogP contribution >= 0.6 is 22.7 Å². The van der Waals surface area contributed by atoms with Gasteiger partial charge in [0.05, 0.1) is 6.42 Å². The molecule has 2 aromatic rings. The third-order valence-electron chi connectivity index (χ3n) is 1.92. The van der Waals surface area contributed by atoms with Crippen molar-refractivity contribution in [3.05, 3.63) is 44.8 Å². The first-order chi connectivity index (χ1) is 8.22. The molecule has 0 unspecified atom stereocenters. The highest BCUT2D eigenvalue weighted by atomic mass is 32.1. The highest BCUT2D eigenvalue weighted by Gasteiger charge is 1.97. The van der Waals surface area contributed by atoms with E-state index in [2.05, 4.69) is 5.38 Å². The molecule has 0 saturated carbocycles. The third kappa shape index (κ3) is 6.21. The van der Waals surface area contributed by atoms with Gasteiger partial charge < -0.3 is 10.2 Å². The van der Waals surface area contributed by atoms with E-state index >= 15 is 0 Å². The minimum Gasteiger partial charge on any atom is -0.481 e. The van der Waals surface area contributed by atoms with Crippen LogP contribution in [0.2, 0.25) is 0 Å². The van der Waals surface area contributed by atoms with E-state index in [0.717, 1.165) is 12.0 Å². The molecule has 0 spiro atoms. The summed E-state index contributed by atoms with van der Waals surface area (Å²) in [5, 5.41) is 24.5. The van der Waals surface area contributed by atoms with Gasteiger partial charge in [-0.05, 0) is 51.2 Å². The lowest BCUT2D eigenvalue weighted by atomic mass is 10.2. The standard InChI is InChI=1S/C6H6O2S.C6H8OS/c7-6(8)3-5-1-2-9-4-5;7-3-1-6-2-4-8-5-6/h1-2,4H,3H2,(H,7,8);2,4-5,7H,1,3H2. The highest BCUT2D eigenvalue weighted by Crippen LogP contribution is 2.06. The molecule has 17 heavy (non-hydrogen) atoms. The van der Waals surface area contributed by atoms with E-state index in [-0.39, 0.29) is 13.0 Å². The van der Waals surface area contributed by atoms with E-state index in [4.69, 9.17) is 10.2 Å². The molecular weight excluding hydrogens is 256 g/mol. The van der Waals surface area contributed by atoms with Crippen molar-refractivity contribution >= 4 is 28.6 Å². The largest absolute Gasteiger partial charge is 0.481 e. The fraction of sp³-hybridized carbons (Fsp3) is 0.250. The maximum atomic E-state index is 10.1. The fourth-order valence-electron chi connectivity index (χ4n) is 1.13. The summed E-state index contributed by atoms with van der Waals surface area (Å²) in [7, 11) is 0. The first kappa shape index (κ1) is 13.9. The summed E-state index contributed by atoms with van der Waals surface area (Å²) < 4.78 is 0. The molecule has 3 nitrogen and oxygen atoms in total. The molecular formula is C12H14O3S2. The number of aliphatic hydroxyl groups is 1. The van der Waals surface area contributed by atoms with Gasteiger partial charge in [0.25, 0.3) is 0 Å². The van der Waals surface area contributed by atoms with Crippen LogP contribution in [0.3, 0.4) is 0 Å². The van der Waals surface area contributed by atoms with Gasteiger partial charge in [-0.2, -0.15) is 22.7 Å². The summed E-state index contributed by atoms with van der Waals surface area (Å²) in [5.74, 6) is -0.770. The molecule has 0 aliphatic carbocycles. The van der Waals surface area contributed by atoms with E-state index in [0.29, 0.717) is 0 Å². The average molecular weight is 270 g/mol. The van der Waals surface area contributed by atoms with Gasteiger partial charge in [0, 0.05) is 6.61 Å². The Labute approximate surface area is 108 Å². The molecule has 0 aromatic carbocycles. The average Bonchev–Trinajstić information content (AvgIpc) is 2.91. The minimum absolute atomic E-state index is 0.142. The Morgan fingerprint density at radius 3 is 2.12 bits per heavy atom. The molecule has 2 heterocycles. The zero-order chi connectivity index (χ0) is 12.5. The number of hydrogen-bond donors (Lipinski definition) is 2. The van der Waals surface area contributed by atoms with Crippen LogP contribution < -0.4 is 0 Å². The van der Waals surface area contributed by atoms with Crippen LogP contribution in [0.15, 0.2) is 33.7 Å². The van der Waals surface area contributed by atoms with Crippen LogP contribution in [0, 0.1) is 0 Å². The van der Waals surface area contributed by atoms with E-state index in [1.165, 1.54) is 16.9 Å². The topological polar surface area (TPSA) is 57.5 Å². The number of carbonyl (C=O) groups is 1. The molecule has 0 radical (unpaired) electrons. The van der Waals surface area contributed by atoms with Crippen LogP contribution in [-0.2, 0) is 17.6 Å². The van der Waals surface area contributed by atoms with Crippen molar-refractivity contribution in [1.82, 2.24) is 0 Å². The summed E-state index contributed by atoms with van der Waals surface area (Å²) in [6.07, 6.45) is 0.937. The molecule has 0 aliphatic heterocycles. The SMILES string of the molecule is O=C(O)Cc1ccsc1.OCCc1ccsc1. The Hall–Kier alpha value is -1.17. The van der Waals surface area contributed by atoms with Crippen LogP contribution in [0.4, 0.5) is 0 Å². The molecule has 0 fully saturated rings. The summed E-state index contributed by atoms with van der Waals surface area (Å²) in [4.78, 5) is 10.1. The number of aliphatic carboxylic acids is 1. The van der Waals surface area contributed by atoms with Crippen LogP contribution in [-0.4, -0.2) is 22.8 Å². The predicted octanol–water partition coefficient (Wildman–Crippen LogP) is 2.66. The molecule has 0 bridgehead atoms.